The fourth-order valence-electron chi connectivity index (χ4n) is 4.68. The Morgan fingerprint density at radius 1 is 1.12 bits per heavy atom. The number of carbonyl (C=O) groups excluding carboxylic acids is 2. The second-order valence-corrected chi connectivity index (χ2v) is 11.0. The number of anilines is 1. The molecule has 3 rings (SSSR count). The molecule has 0 bridgehead atoms. The molecular formula is C24H35N3O4S. The second kappa shape index (κ2) is 11.1. The molecule has 1 saturated carbocycles. The van der Waals surface area contributed by atoms with Gasteiger partial charge in [-0.25, -0.2) is 8.42 Å². The van der Waals surface area contributed by atoms with E-state index in [9.17, 15) is 18.0 Å². The van der Waals surface area contributed by atoms with Crippen LogP contribution in [0.15, 0.2) is 41.8 Å². The highest BCUT2D eigenvalue weighted by Crippen LogP contribution is 2.28. The van der Waals surface area contributed by atoms with Crippen molar-refractivity contribution in [1.29, 1.82) is 0 Å². The van der Waals surface area contributed by atoms with Crippen molar-refractivity contribution in [2.75, 3.05) is 18.4 Å². The second-order valence-electron chi connectivity index (χ2n) is 9.06. The number of sulfonamides is 1. The van der Waals surface area contributed by atoms with Gasteiger partial charge in [-0.3, -0.25) is 9.59 Å². The Morgan fingerprint density at radius 3 is 2.44 bits per heavy atom. The van der Waals surface area contributed by atoms with E-state index < -0.39 is 10.0 Å². The number of nitrogens with one attached hydrogen (secondary N) is 2. The molecule has 0 spiro atoms. The fraction of sp³-hybridized carbons (Fsp3) is 0.583. The van der Waals surface area contributed by atoms with Gasteiger partial charge in [0.05, 0.1) is 4.90 Å². The SMILES string of the molecule is C=CC(=O)NC1CCN(S(=O)(=O)c2ccc(NC(=O)CCC3CCCCC3)cc2)CC1C. The zero-order valence-electron chi connectivity index (χ0n) is 18.9. The number of rotatable bonds is 8. The fourth-order valence-corrected chi connectivity index (χ4v) is 6.23. The van der Waals surface area contributed by atoms with Crippen LogP contribution in [0, 0.1) is 11.8 Å². The van der Waals surface area contributed by atoms with Crippen molar-refractivity contribution in [3.63, 3.8) is 0 Å². The molecule has 1 aliphatic heterocycles. The third kappa shape index (κ3) is 6.42. The van der Waals surface area contributed by atoms with Crippen LogP contribution < -0.4 is 10.6 Å². The Kier molecular flexibility index (Phi) is 8.48. The van der Waals surface area contributed by atoms with Crippen molar-refractivity contribution >= 4 is 27.5 Å². The average Bonchev–Trinajstić information content (AvgIpc) is 2.80. The zero-order chi connectivity index (χ0) is 23.1. The average molecular weight is 462 g/mol. The topological polar surface area (TPSA) is 95.6 Å². The number of hydrogen-bond acceptors (Lipinski definition) is 4. The first-order chi connectivity index (χ1) is 15.3. The van der Waals surface area contributed by atoms with Gasteiger partial charge in [-0.1, -0.05) is 45.6 Å². The van der Waals surface area contributed by atoms with Crippen molar-refractivity contribution in [2.24, 2.45) is 11.8 Å². The molecule has 2 atom stereocenters. The summed E-state index contributed by atoms with van der Waals surface area (Å²) in [4.78, 5) is 24.0. The van der Waals surface area contributed by atoms with Crippen LogP contribution in [0.2, 0.25) is 0 Å². The van der Waals surface area contributed by atoms with E-state index in [1.165, 1.54) is 42.5 Å². The van der Waals surface area contributed by atoms with E-state index in [1.54, 1.807) is 24.3 Å². The summed E-state index contributed by atoms with van der Waals surface area (Å²) in [6, 6.07) is 6.31. The summed E-state index contributed by atoms with van der Waals surface area (Å²) in [5, 5.41) is 5.75. The first kappa shape index (κ1) is 24.5. The minimum atomic E-state index is -3.63. The standard InChI is InChI=1S/C24H35N3O4S/c1-3-23(28)26-22-15-16-27(17-18(22)2)32(30,31)21-12-10-20(11-13-21)25-24(29)14-9-19-7-5-4-6-8-19/h3,10-13,18-19,22H,1,4-9,14-17H2,2H3,(H,25,29)(H,26,28). The van der Waals surface area contributed by atoms with E-state index in [2.05, 4.69) is 17.2 Å². The lowest BCUT2D eigenvalue weighted by molar-refractivity contribution is -0.118. The van der Waals surface area contributed by atoms with Gasteiger partial charge in [-0.15, -0.1) is 0 Å². The Balaban J connectivity index is 1.53. The molecular weight excluding hydrogens is 426 g/mol. The lowest BCUT2D eigenvalue weighted by Gasteiger charge is -2.36. The maximum absolute atomic E-state index is 13.1. The number of carbonyl (C=O) groups is 2. The Labute approximate surface area is 191 Å². The molecule has 1 aliphatic carbocycles. The quantitative estimate of drug-likeness (QED) is 0.577. The van der Waals surface area contributed by atoms with Crippen molar-refractivity contribution in [2.45, 2.75) is 69.2 Å². The van der Waals surface area contributed by atoms with Crippen LogP contribution in [0.1, 0.15) is 58.3 Å². The molecule has 2 N–H and O–H groups in total. The summed E-state index contributed by atoms with van der Waals surface area (Å²) in [6.07, 6.45) is 9.47. The van der Waals surface area contributed by atoms with Crippen molar-refractivity contribution < 1.29 is 18.0 Å². The summed E-state index contributed by atoms with van der Waals surface area (Å²) in [7, 11) is -3.63. The van der Waals surface area contributed by atoms with Crippen molar-refractivity contribution in [3.05, 3.63) is 36.9 Å². The summed E-state index contributed by atoms with van der Waals surface area (Å²) < 4.78 is 27.6. The Bertz CT molecular complexity index is 908. The molecule has 7 nitrogen and oxygen atoms in total. The van der Waals surface area contributed by atoms with E-state index in [0.717, 1.165) is 6.42 Å². The van der Waals surface area contributed by atoms with E-state index in [1.807, 2.05) is 6.92 Å². The largest absolute Gasteiger partial charge is 0.349 e. The number of nitrogens with zero attached hydrogens (tertiary/aromatic N) is 1. The minimum Gasteiger partial charge on any atom is -0.349 e. The first-order valence-corrected chi connectivity index (χ1v) is 13.1. The van der Waals surface area contributed by atoms with Crippen LogP contribution >= 0.6 is 0 Å². The lowest BCUT2D eigenvalue weighted by Crippen LogP contribution is -2.51. The van der Waals surface area contributed by atoms with Crippen LogP contribution in [0.4, 0.5) is 5.69 Å². The van der Waals surface area contributed by atoms with Crippen LogP contribution in [0.5, 0.6) is 0 Å². The third-order valence-corrected chi connectivity index (χ3v) is 8.54. The molecule has 32 heavy (non-hydrogen) atoms. The highest BCUT2D eigenvalue weighted by Gasteiger charge is 2.34. The third-order valence-electron chi connectivity index (χ3n) is 6.66. The lowest BCUT2D eigenvalue weighted by atomic mass is 9.86. The van der Waals surface area contributed by atoms with Crippen molar-refractivity contribution in [3.8, 4) is 0 Å². The van der Waals surface area contributed by atoms with Gasteiger partial charge in [0.15, 0.2) is 0 Å². The number of piperidine rings is 1. The Hall–Kier alpha value is -2.19. The molecule has 2 amide bonds. The van der Waals surface area contributed by atoms with Gasteiger partial charge in [0.2, 0.25) is 21.8 Å². The molecule has 176 valence electrons. The van der Waals surface area contributed by atoms with E-state index in [-0.39, 0.29) is 28.7 Å². The monoisotopic (exact) mass is 461 g/mol. The summed E-state index contributed by atoms with van der Waals surface area (Å²) >= 11 is 0. The maximum Gasteiger partial charge on any atom is 0.243 e. The van der Waals surface area contributed by atoms with E-state index in [0.29, 0.717) is 37.5 Å². The molecule has 0 aromatic heterocycles. The van der Waals surface area contributed by atoms with Crippen molar-refractivity contribution in [1.82, 2.24) is 9.62 Å². The highest BCUT2D eigenvalue weighted by atomic mass is 32.2. The molecule has 2 aliphatic rings. The van der Waals surface area contributed by atoms with Gasteiger partial charge in [-0.2, -0.15) is 4.31 Å². The van der Waals surface area contributed by atoms with E-state index >= 15 is 0 Å². The van der Waals surface area contributed by atoms with Gasteiger partial charge < -0.3 is 10.6 Å². The van der Waals surface area contributed by atoms with Gasteiger partial charge in [0.25, 0.3) is 0 Å². The summed E-state index contributed by atoms with van der Waals surface area (Å²) in [6.45, 7) is 6.07. The molecule has 1 saturated heterocycles. The molecule has 1 heterocycles. The number of hydrogen-bond donors (Lipinski definition) is 2. The number of amides is 2. The van der Waals surface area contributed by atoms with Crippen LogP contribution in [0.25, 0.3) is 0 Å². The smallest absolute Gasteiger partial charge is 0.243 e. The molecule has 2 unspecified atom stereocenters. The molecule has 0 radical (unpaired) electrons. The number of benzene rings is 1. The summed E-state index contributed by atoms with van der Waals surface area (Å²) in [5.74, 6) is 0.377. The predicted molar refractivity (Wildman–Crippen MR) is 126 cm³/mol. The highest BCUT2D eigenvalue weighted by molar-refractivity contribution is 7.89. The van der Waals surface area contributed by atoms with Gasteiger partial charge in [0.1, 0.15) is 0 Å². The minimum absolute atomic E-state index is 0.00912. The predicted octanol–water partition coefficient (Wildman–Crippen LogP) is 3.69. The first-order valence-electron chi connectivity index (χ1n) is 11.6. The van der Waals surface area contributed by atoms with Crippen LogP contribution in [-0.2, 0) is 19.6 Å². The van der Waals surface area contributed by atoms with Gasteiger partial charge in [0, 0.05) is 31.2 Å². The molecule has 2 fully saturated rings. The van der Waals surface area contributed by atoms with Gasteiger partial charge in [-0.05, 0) is 55.0 Å². The van der Waals surface area contributed by atoms with Crippen LogP contribution in [-0.4, -0.2) is 43.7 Å². The van der Waals surface area contributed by atoms with E-state index in [4.69, 9.17) is 0 Å². The molecule has 8 heteroatoms. The van der Waals surface area contributed by atoms with Crippen LogP contribution in [0.3, 0.4) is 0 Å². The molecule has 1 aromatic carbocycles. The van der Waals surface area contributed by atoms with Gasteiger partial charge >= 0.3 is 0 Å². The normalized spacial score (nSPS) is 22.8. The molecule has 1 aromatic rings. The maximum atomic E-state index is 13.1. The summed E-state index contributed by atoms with van der Waals surface area (Å²) in [5.41, 5.74) is 0.608. The zero-order valence-corrected chi connectivity index (χ0v) is 19.7. The Morgan fingerprint density at radius 2 is 1.81 bits per heavy atom.